The lowest BCUT2D eigenvalue weighted by Crippen LogP contribution is -2.20. The van der Waals surface area contributed by atoms with Gasteiger partial charge in [0.05, 0.1) is 6.10 Å². The van der Waals surface area contributed by atoms with E-state index in [2.05, 4.69) is 29.8 Å². The molecular formula is C8H15BrO. The van der Waals surface area contributed by atoms with Gasteiger partial charge in [0.2, 0.25) is 0 Å². The average Bonchev–Trinajstić information content (AvgIpc) is 2.34. The molecule has 10 heavy (non-hydrogen) atoms. The fraction of sp³-hybridized carbons (Fsp3) is 1.00. The first kappa shape index (κ1) is 8.54. The zero-order valence-corrected chi connectivity index (χ0v) is 8.23. The Hall–Kier alpha value is 0.440. The molecule has 0 aromatic heterocycles. The van der Waals surface area contributed by atoms with Gasteiger partial charge >= 0.3 is 0 Å². The Labute approximate surface area is 71.3 Å². The van der Waals surface area contributed by atoms with E-state index in [0.29, 0.717) is 6.10 Å². The van der Waals surface area contributed by atoms with Crippen molar-refractivity contribution in [1.29, 1.82) is 0 Å². The topological polar surface area (TPSA) is 9.23 Å². The molecule has 0 spiro atoms. The molecule has 1 aliphatic rings. The average molecular weight is 207 g/mol. The Kier molecular flexibility index (Phi) is 3.18. The van der Waals surface area contributed by atoms with Gasteiger partial charge in [0.15, 0.2) is 0 Å². The van der Waals surface area contributed by atoms with E-state index in [1.165, 1.54) is 6.42 Å². The second-order valence-corrected chi connectivity index (χ2v) is 3.81. The largest absolute Gasteiger partial charge is 0.378 e. The molecule has 1 nitrogen and oxygen atoms in total. The SMILES string of the molecule is CC(CBr)C1CCOC1C. The zero-order valence-electron chi connectivity index (χ0n) is 6.64. The molecule has 2 heteroatoms. The van der Waals surface area contributed by atoms with Gasteiger partial charge in [-0.2, -0.15) is 0 Å². The molecule has 0 saturated carbocycles. The summed E-state index contributed by atoms with van der Waals surface area (Å²) in [5.41, 5.74) is 0. The molecule has 1 saturated heterocycles. The first-order valence-electron chi connectivity index (χ1n) is 3.93. The summed E-state index contributed by atoms with van der Waals surface area (Å²) in [5.74, 6) is 1.54. The lowest BCUT2D eigenvalue weighted by Gasteiger charge is -2.19. The lowest BCUT2D eigenvalue weighted by molar-refractivity contribution is 0.0953. The van der Waals surface area contributed by atoms with Crippen LogP contribution in [0.2, 0.25) is 0 Å². The van der Waals surface area contributed by atoms with Crippen LogP contribution in [0.3, 0.4) is 0 Å². The predicted molar refractivity (Wildman–Crippen MR) is 46.5 cm³/mol. The van der Waals surface area contributed by atoms with E-state index in [4.69, 9.17) is 4.74 Å². The monoisotopic (exact) mass is 206 g/mol. The molecule has 0 aromatic carbocycles. The maximum absolute atomic E-state index is 5.47. The molecule has 3 unspecified atom stereocenters. The highest BCUT2D eigenvalue weighted by atomic mass is 79.9. The summed E-state index contributed by atoms with van der Waals surface area (Å²) in [5, 5.41) is 1.10. The molecule has 1 heterocycles. The van der Waals surface area contributed by atoms with Gasteiger partial charge in [-0.1, -0.05) is 22.9 Å². The molecule has 1 fully saturated rings. The van der Waals surface area contributed by atoms with E-state index in [1.54, 1.807) is 0 Å². The van der Waals surface area contributed by atoms with Crippen LogP contribution in [0, 0.1) is 11.8 Å². The van der Waals surface area contributed by atoms with Crippen molar-refractivity contribution < 1.29 is 4.74 Å². The van der Waals surface area contributed by atoms with Crippen LogP contribution in [-0.2, 0) is 4.74 Å². The van der Waals surface area contributed by atoms with Gasteiger partial charge in [0.25, 0.3) is 0 Å². The summed E-state index contributed by atoms with van der Waals surface area (Å²) in [7, 11) is 0. The molecule has 0 bridgehead atoms. The highest BCUT2D eigenvalue weighted by molar-refractivity contribution is 9.09. The number of halogens is 1. The summed E-state index contributed by atoms with van der Waals surface area (Å²) in [6.07, 6.45) is 1.72. The van der Waals surface area contributed by atoms with Crippen molar-refractivity contribution in [1.82, 2.24) is 0 Å². The highest BCUT2D eigenvalue weighted by Crippen LogP contribution is 2.28. The van der Waals surface area contributed by atoms with Crippen molar-refractivity contribution in [2.75, 3.05) is 11.9 Å². The summed E-state index contributed by atoms with van der Waals surface area (Å²) < 4.78 is 5.47. The molecule has 3 atom stereocenters. The Morgan fingerprint density at radius 3 is 2.80 bits per heavy atom. The van der Waals surface area contributed by atoms with Gasteiger partial charge in [-0.15, -0.1) is 0 Å². The number of hydrogen-bond acceptors (Lipinski definition) is 1. The van der Waals surface area contributed by atoms with E-state index in [-0.39, 0.29) is 0 Å². The van der Waals surface area contributed by atoms with Crippen molar-refractivity contribution in [2.24, 2.45) is 11.8 Å². The summed E-state index contributed by atoms with van der Waals surface area (Å²) in [6.45, 7) is 5.42. The van der Waals surface area contributed by atoms with Crippen molar-refractivity contribution in [3.05, 3.63) is 0 Å². The fourth-order valence-corrected chi connectivity index (χ4v) is 2.09. The Morgan fingerprint density at radius 1 is 1.70 bits per heavy atom. The number of ether oxygens (including phenoxy) is 1. The Morgan fingerprint density at radius 2 is 2.40 bits per heavy atom. The minimum atomic E-state index is 0.479. The lowest BCUT2D eigenvalue weighted by atomic mass is 9.90. The van der Waals surface area contributed by atoms with Gasteiger partial charge < -0.3 is 4.74 Å². The van der Waals surface area contributed by atoms with Crippen LogP contribution < -0.4 is 0 Å². The van der Waals surface area contributed by atoms with Crippen LogP contribution in [0.15, 0.2) is 0 Å². The molecule has 0 N–H and O–H groups in total. The van der Waals surface area contributed by atoms with E-state index >= 15 is 0 Å². The smallest absolute Gasteiger partial charge is 0.0578 e. The van der Waals surface area contributed by atoms with Crippen LogP contribution in [0.5, 0.6) is 0 Å². The normalized spacial score (nSPS) is 36.3. The van der Waals surface area contributed by atoms with Crippen LogP contribution >= 0.6 is 15.9 Å². The number of alkyl halides is 1. The molecule has 0 radical (unpaired) electrons. The van der Waals surface area contributed by atoms with E-state index < -0.39 is 0 Å². The highest BCUT2D eigenvalue weighted by Gasteiger charge is 2.28. The van der Waals surface area contributed by atoms with Crippen LogP contribution in [0.4, 0.5) is 0 Å². The standard InChI is InChI=1S/C8H15BrO/c1-6(5-9)8-3-4-10-7(8)2/h6-8H,3-5H2,1-2H3. The third-order valence-corrected chi connectivity index (χ3v) is 3.43. The minimum Gasteiger partial charge on any atom is -0.378 e. The van der Waals surface area contributed by atoms with E-state index in [9.17, 15) is 0 Å². The second-order valence-electron chi connectivity index (χ2n) is 3.16. The number of hydrogen-bond donors (Lipinski definition) is 0. The second kappa shape index (κ2) is 3.72. The first-order valence-corrected chi connectivity index (χ1v) is 5.05. The summed E-state index contributed by atoms with van der Waals surface area (Å²) in [4.78, 5) is 0. The third-order valence-electron chi connectivity index (χ3n) is 2.41. The molecule has 0 aliphatic carbocycles. The van der Waals surface area contributed by atoms with Crippen molar-refractivity contribution in [3.63, 3.8) is 0 Å². The third kappa shape index (κ3) is 1.73. The fourth-order valence-electron chi connectivity index (χ4n) is 1.61. The van der Waals surface area contributed by atoms with Gasteiger partial charge in [-0.05, 0) is 25.2 Å². The van der Waals surface area contributed by atoms with Gasteiger partial charge in [-0.25, -0.2) is 0 Å². The van der Waals surface area contributed by atoms with Crippen molar-refractivity contribution in [3.8, 4) is 0 Å². The molecule has 0 aromatic rings. The molecular weight excluding hydrogens is 192 g/mol. The Balaban J connectivity index is 2.38. The molecule has 60 valence electrons. The quantitative estimate of drug-likeness (QED) is 0.632. The molecule has 1 aliphatic heterocycles. The van der Waals surface area contributed by atoms with Gasteiger partial charge in [0, 0.05) is 11.9 Å². The first-order chi connectivity index (χ1) is 4.75. The summed E-state index contributed by atoms with van der Waals surface area (Å²) >= 11 is 3.50. The van der Waals surface area contributed by atoms with Crippen molar-refractivity contribution >= 4 is 15.9 Å². The number of rotatable bonds is 2. The van der Waals surface area contributed by atoms with E-state index in [1.807, 2.05) is 0 Å². The van der Waals surface area contributed by atoms with E-state index in [0.717, 1.165) is 23.8 Å². The predicted octanol–water partition coefficient (Wildman–Crippen LogP) is 2.44. The summed E-state index contributed by atoms with van der Waals surface area (Å²) in [6, 6.07) is 0. The minimum absolute atomic E-state index is 0.479. The zero-order chi connectivity index (χ0) is 7.56. The Bertz CT molecular complexity index is 105. The van der Waals surface area contributed by atoms with Gasteiger partial charge in [-0.3, -0.25) is 0 Å². The van der Waals surface area contributed by atoms with Crippen molar-refractivity contribution in [2.45, 2.75) is 26.4 Å². The van der Waals surface area contributed by atoms with Crippen LogP contribution in [-0.4, -0.2) is 18.0 Å². The maximum atomic E-state index is 5.47. The van der Waals surface area contributed by atoms with Crippen LogP contribution in [0.1, 0.15) is 20.3 Å². The molecule has 0 amide bonds. The maximum Gasteiger partial charge on any atom is 0.0578 e. The molecule has 1 rings (SSSR count). The van der Waals surface area contributed by atoms with Gasteiger partial charge in [0.1, 0.15) is 0 Å². The van der Waals surface area contributed by atoms with Crippen LogP contribution in [0.25, 0.3) is 0 Å².